The predicted octanol–water partition coefficient (Wildman–Crippen LogP) is 1.57. The second-order valence-electron chi connectivity index (χ2n) is 8.18. The van der Waals surface area contributed by atoms with Crippen LogP contribution in [-0.2, 0) is 10.2 Å². The van der Waals surface area contributed by atoms with Crippen molar-refractivity contribution in [3.8, 4) is 11.6 Å². The van der Waals surface area contributed by atoms with Crippen molar-refractivity contribution in [2.75, 3.05) is 24.4 Å². The minimum Gasteiger partial charge on any atom is -0.492 e. The highest BCUT2D eigenvalue weighted by atomic mass is 32.2. The summed E-state index contributed by atoms with van der Waals surface area (Å²) in [5, 5.41) is 0. The lowest BCUT2D eigenvalue weighted by molar-refractivity contribution is 0.0633. The van der Waals surface area contributed by atoms with E-state index >= 15 is 0 Å². The molecule has 1 atom stereocenters. The third kappa shape index (κ3) is 4.44. The van der Waals surface area contributed by atoms with Crippen LogP contribution in [-0.4, -0.2) is 59.3 Å². The molecule has 0 saturated carbocycles. The van der Waals surface area contributed by atoms with E-state index in [1.54, 1.807) is 59.8 Å². The number of nitrogens with zero attached hydrogens (tertiary/aromatic N) is 5. The van der Waals surface area contributed by atoms with Gasteiger partial charge >= 0.3 is 10.2 Å². The zero-order valence-corrected chi connectivity index (χ0v) is 19.0. The third-order valence-electron chi connectivity index (χ3n) is 5.78. The molecule has 11 nitrogen and oxygen atoms in total. The molecular weight excluding hydrogens is 458 g/mol. The summed E-state index contributed by atoms with van der Waals surface area (Å²) in [5.74, 6) is 1.02. The van der Waals surface area contributed by atoms with Gasteiger partial charge in [-0.3, -0.25) is 14.1 Å². The summed E-state index contributed by atoms with van der Waals surface area (Å²) in [5.41, 5.74) is 7.21. The minimum atomic E-state index is -3.85. The Labute approximate surface area is 196 Å². The molecule has 0 spiro atoms. The quantitative estimate of drug-likeness (QED) is 0.563. The van der Waals surface area contributed by atoms with E-state index in [0.29, 0.717) is 48.1 Å². The van der Waals surface area contributed by atoms with Crippen LogP contribution in [0.5, 0.6) is 5.75 Å². The number of nitrogens with one attached hydrogen (secondary N) is 1. The average molecular weight is 482 g/mol. The first-order chi connectivity index (χ1) is 16.4. The number of aromatic nitrogens is 3. The van der Waals surface area contributed by atoms with E-state index in [9.17, 15) is 13.2 Å². The molecule has 2 aliphatic heterocycles. The number of piperidine rings is 1. The number of likely N-dealkylation sites (tertiary alicyclic amines) is 1. The van der Waals surface area contributed by atoms with Gasteiger partial charge in [-0.2, -0.15) is 8.42 Å². The van der Waals surface area contributed by atoms with Crippen LogP contribution >= 0.6 is 0 Å². The van der Waals surface area contributed by atoms with Crippen molar-refractivity contribution in [1.29, 1.82) is 0 Å². The Kier molecular flexibility index (Phi) is 5.65. The van der Waals surface area contributed by atoms with E-state index in [1.165, 1.54) is 0 Å². The van der Waals surface area contributed by atoms with Crippen molar-refractivity contribution in [3.05, 3.63) is 66.4 Å². The predicted molar refractivity (Wildman–Crippen MR) is 125 cm³/mol. The number of benzene rings is 1. The van der Waals surface area contributed by atoms with E-state index in [-0.39, 0.29) is 17.7 Å². The Balaban J connectivity index is 1.27. The van der Waals surface area contributed by atoms with E-state index in [2.05, 4.69) is 19.1 Å². The summed E-state index contributed by atoms with van der Waals surface area (Å²) in [6.07, 6.45) is 8.45. The molecule has 12 heteroatoms. The average Bonchev–Trinajstić information content (AvgIpc) is 3.37. The fraction of sp³-hybridized carbons (Fsp3) is 0.273. The Morgan fingerprint density at radius 2 is 2.15 bits per heavy atom. The normalized spacial score (nSPS) is 19.0. The molecule has 3 N–H and O–H groups in total. The highest BCUT2D eigenvalue weighted by Crippen LogP contribution is 2.31. The Bertz CT molecular complexity index is 1360. The lowest BCUT2D eigenvalue weighted by Gasteiger charge is -2.33. The van der Waals surface area contributed by atoms with Gasteiger partial charge in [0.15, 0.2) is 5.84 Å². The molecule has 1 saturated heterocycles. The minimum absolute atomic E-state index is 0.0589. The molecule has 1 amide bonds. The summed E-state index contributed by atoms with van der Waals surface area (Å²) >= 11 is 0. The third-order valence-corrected chi connectivity index (χ3v) is 6.70. The Morgan fingerprint density at radius 1 is 1.26 bits per heavy atom. The molecule has 176 valence electrons. The van der Waals surface area contributed by atoms with Crippen LogP contribution in [0, 0.1) is 5.92 Å². The van der Waals surface area contributed by atoms with Gasteiger partial charge in [-0.25, -0.2) is 9.97 Å². The summed E-state index contributed by atoms with van der Waals surface area (Å²) in [4.78, 5) is 23.3. The number of amides is 1. The van der Waals surface area contributed by atoms with Crippen molar-refractivity contribution in [2.45, 2.75) is 12.8 Å². The van der Waals surface area contributed by atoms with E-state index in [0.717, 1.165) is 12.8 Å². The molecule has 2 aromatic heterocycles. The molecule has 3 aromatic rings. The number of amidine groups is 1. The van der Waals surface area contributed by atoms with Crippen LogP contribution in [0.4, 0.5) is 5.69 Å². The molecule has 34 heavy (non-hydrogen) atoms. The number of rotatable bonds is 5. The molecule has 4 heterocycles. The summed E-state index contributed by atoms with van der Waals surface area (Å²) < 4.78 is 37.2. The molecule has 5 rings (SSSR count). The number of nitrogens with two attached hydrogens (primary N) is 1. The van der Waals surface area contributed by atoms with Gasteiger partial charge in [0.1, 0.15) is 17.9 Å². The van der Waals surface area contributed by atoms with Gasteiger partial charge in [0, 0.05) is 43.2 Å². The maximum atomic E-state index is 13.2. The van der Waals surface area contributed by atoms with Crippen LogP contribution < -0.4 is 15.2 Å². The van der Waals surface area contributed by atoms with Gasteiger partial charge in [0.05, 0.1) is 17.9 Å². The van der Waals surface area contributed by atoms with Crippen LogP contribution in [0.3, 0.4) is 0 Å². The lowest BCUT2D eigenvalue weighted by Crippen LogP contribution is -2.41. The first-order valence-electron chi connectivity index (χ1n) is 10.8. The number of carbonyl (C=O) groups excluding carboxylic acids is 1. The van der Waals surface area contributed by atoms with Gasteiger partial charge in [-0.1, -0.05) is 6.07 Å². The van der Waals surface area contributed by atoms with Crippen LogP contribution in [0.2, 0.25) is 0 Å². The number of hydrogen-bond donors (Lipinski definition) is 2. The van der Waals surface area contributed by atoms with Gasteiger partial charge in [0.25, 0.3) is 5.91 Å². The van der Waals surface area contributed by atoms with Crippen molar-refractivity contribution in [3.63, 3.8) is 0 Å². The number of hydrogen-bond acceptors (Lipinski definition) is 7. The fourth-order valence-corrected chi connectivity index (χ4v) is 5.04. The van der Waals surface area contributed by atoms with Gasteiger partial charge in [-0.15, -0.1) is 4.40 Å². The molecule has 1 fully saturated rings. The Hall–Kier alpha value is -3.93. The highest BCUT2D eigenvalue weighted by molar-refractivity contribution is 7.91. The van der Waals surface area contributed by atoms with Crippen molar-refractivity contribution in [2.24, 2.45) is 16.0 Å². The highest BCUT2D eigenvalue weighted by Gasteiger charge is 2.27. The lowest BCUT2D eigenvalue weighted by atomic mass is 9.98. The smallest absolute Gasteiger partial charge is 0.344 e. The monoisotopic (exact) mass is 481 g/mol. The number of anilines is 1. The van der Waals surface area contributed by atoms with Gasteiger partial charge < -0.3 is 15.4 Å². The topological polar surface area (TPSA) is 145 Å². The number of pyridine rings is 1. The molecule has 0 radical (unpaired) electrons. The number of ether oxygens (including phenoxy) is 1. The zero-order valence-electron chi connectivity index (χ0n) is 18.2. The molecular formula is C22H23N7O4S. The summed E-state index contributed by atoms with van der Waals surface area (Å²) in [6.45, 7) is 1.57. The molecule has 0 aliphatic carbocycles. The van der Waals surface area contributed by atoms with Crippen LogP contribution in [0.25, 0.3) is 5.82 Å². The number of carbonyl (C=O) groups is 1. The largest absolute Gasteiger partial charge is 0.492 e. The number of imidazole rings is 1. The fourth-order valence-electron chi connectivity index (χ4n) is 4.20. The second kappa shape index (κ2) is 8.78. The molecule has 1 unspecified atom stereocenters. The maximum absolute atomic E-state index is 13.2. The zero-order chi connectivity index (χ0) is 23.7. The molecule has 2 aliphatic rings. The van der Waals surface area contributed by atoms with Crippen LogP contribution in [0.1, 0.15) is 28.8 Å². The second-order valence-corrected chi connectivity index (χ2v) is 9.51. The van der Waals surface area contributed by atoms with Gasteiger partial charge in [0.2, 0.25) is 0 Å². The van der Waals surface area contributed by atoms with Crippen molar-refractivity contribution < 1.29 is 17.9 Å². The summed E-state index contributed by atoms with van der Waals surface area (Å²) in [7, 11) is -3.85. The first-order valence-corrected chi connectivity index (χ1v) is 12.2. The van der Waals surface area contributed by atoms with Gasteiger partial charge in [-0.05, 0) is 37.1 Å². The van der Waals surface area contributed by atoms with E-state index < -0.39 is 10.2 Å². The van der Waals surface area contributed by atoms with E-state index in [1.807, 2.05) is 4.90 Å². The maximum Gasteiger partial charge on any atom is 0.344 e. The standard InChI is InChI=1S/C22H23N7O4S/c23-21-20-17(26-34(31,32)27-21)4-1-5-18(20)33-13-15-3-2-9-28(12-15)22(30)16-6-7-25-19(11-16)29-10-8-24-14-29/h1,4-8,10-11,14-15,26H,2-3,9,12-13H2,(H2,23,27). The Morgan fingerprint density at radius 3 is 2.97 bits per heavy atom. The molecule has 1 aromatic carbocycles. The number of fused-ring (bicyclic) bond motifs is 1. The SMILES string of the molecule is NC1=NS(=O)(=O)Nc2cccc(OCC3CCCN(C(=O)c4ccnc(-n5ccnc5)c4)C3)c21. The van der Waals surface area contributed by atoms with Crippen molar-refractivity contribution >= 4 is 27.6 Å². The van der Waals surface area contributed by atoms with Crippen LogP contribution in [0.15, 0.2) is 59.6 Å². The van der Waals surface area contributed by atoms with Crippen molar-refractivity contribution in [1.82, 2.24) is 19.4 Å². The van der Waals surface area contributed by atoms with E-state index in [4.69, 9.17) is 10.5 Å². The first kappa shape index (κ1) is 21.9. The molecule has 0 bridgehead atoms. The summed E-state index contributed by atoms with van der Waals surface area (Å²) in [6, 6.07) is 8.48.